The van der Waals surface area contributed by atoms with Gasteiger partial charge >= 0.3 is 0 Å². The maximum absolute atomic E-state index is 11.3. The molecule has 16 heavy (non-hydrogen) atoms. The van der Waals surface area contributed by atoms with Crippen LogP contribution in [0.2, 0.25) is 0 Å². The molecule has 6 heteroatoms. The summed E-state index contributed by atoms with van der Waals surface area (Å²) in [7, 11) is -0.997. The van der Waals surface area contributed by atoms with E-state index in [2.05, 4.69) is 4.98 Å². The van der Waals surface area contributed by atoms with Gasteiger partial charge in [0.25, 0.3) is 0 Å². The van der Waals surface area contributed by atoms with Gasteiger partial charge in [0.2, 0.25) is 0 Å². The first-order valence-electron chi connectivity index (χ1n) is 5.39. The molecule has 1 aromatic rings. The lowest BCUT2D eigenvalue weighted by molar-refractivity contribution is 0.564. The molecule has 92 valence electrons. The molecule has 1 atom stereocenters. The van der Waals surface area contributed by atoms with E-state index in [9.17, 15) is 8.42 Å². The maximum atomic E-state index is 11.3. The summed E-state index contributed by atoms with van der Waals surface area (Å²) in [6.07, 6.45) is 4.75. The summed E-state index contributed by atoms with van der Waals surface area (Å²) < 4.78 is 24.4. The molecular formula is C10H19N3O2S. The van der Waals surface area contributed by atoms with Gasteiger partial charge in [0.1, 0.15) is 15.7 Å². The summed E-state index contributed by atoms with van der Waals surface area (Å²) in [6, 6.07) is -0.188. The van der Waals surface area contributed by atoms with Gasteiger partial charge in [-0.15, -0.1) is 0 Å². The molecule has 1 aromatic heterocycles. The molecule has 0 aromatic carbocycles. The van der Waals surface area contributed by atoms with E-state index >= 15 is 0 Å². The molecule has 0 aliphatic heterocycles. The number of aryl methyl sites for hydroxylation is 1. The molecule has 0 saturated carbocycles. The Morgan fingerprint density at radius 2 is 2.25 bits per heavy atom. The lowest BCUT2D eigenvalue weighted by atomic mass is 10.2. The first-order chi connectivity index (χ1) is 7.46. The topological polar surface area (TPSA) is 78.0 Å². The van der Waals surface area contributed by atoms with Crippen LogP contribution in [-0.2, 0) is 16.9 Å². The number of nitrogens with zero attached hydrogens (tertiary/aromatic N) is 2. The van der Waals surface area contributed by atoms with Gasteiger partial charge in [-0.25, -0.2) is 13.4 Å². The minimum atomic E-state index is -2.88. The summed E-state index contributed by atoms with van der Waals surface area (Å²) >= 11 is 0. The second-order valence-electron chi connectivity index (χ2n) is 3.88. The van der Waals surface area contributed by atoms with E-state index in [0.29, 0.717) is 12.8 Å². The molecule has 0 radical (unpaired) electrons. The van der Waals surface area contributed by atoms with Gasteiger partial charge in [-0.1, -0.05) is 6.92 Å². The van der Waals surface area contributed by atoms with E-state index in [1.165, 1.54) is 0 Å². The smallest absolute Gasteiger partial charge is 0.150 e. The number of imidazole rings is 1. The highest BCUT2D eigenvalue weighted by molar-refractivity contribution is 7.91. The van der Waals surface area contributed by atoms with Crippen molar-refractivity contribution in [1.29, 1.82) is 0 Å². The molecule has 0 aliphatic carbocycles. The van der Waals surface area contributed by atoms with Crippen LogP contribution in [0.15, 0.2) is 12.4 Å². The van der Waals surface area contributed by atoms with Gasteiger partial charge in [0, 0.05) is 25.2 Å². The molecule has 1 rings (SSSR count). The third-order valence-electron chi connectivity index (χ3n) is 2.60. The Kier molecular flexibility index (Phi) is 4.49. The van der Waals surface area contributed by atoms with Crippen molar-refractivity contribution < 1.29 is 8.42 Å². The van der Waals surface area contributed by atoms with Crippen molar-refractivity contribution in [3.8, 4) is 0 Å². The Balaban J connectivity index is 2.43. The second-order valence-corrected chi connectivity index (χ2v) is 6.35. The molecule has 0 aliphatic rings. The standard InChI is InChI=1S/C10H19N3O2S/c1-3-16(14,15)8-4-5-9(11)10-12-6-7-13(10)2/h6-7,9H,3-5,8,11H2,1-2H3. The Hall–Kier alpha value is -0.880. The Labute approximate surface area is 96.6 Å². The van der Waals surface area contributed by atoms with Crippen molar-refractivity contribution in [2.24, 2.45) is 12.8 Å². The fourth-order valence-electron chi connectivity index (χ4n) is 1.53. The average molecular weight is 245 g/mol. The summed E-state index contributed by atoms with van der Waals surface area (Å²) in [5.41, 5.74) is 5.93. The van der Waals surface area contributed by atoms with E-state index < -0.39 is 9.84 Å². The highest BCUT2D eigenvalue weighted by Crippen LogP contribution is 2.13. The highest BCUT2D eigenvalue weighted by Gasteiger charge is 2.13. The molecule has 1 unspecified atom stereocenters. The van der Waals surface area contributed by atoms with Crippen LogP contribution in [0, 0.1) is 0 Å². The van der Waals surface area contributed by atoms with Crippen LogP contribution in [0.3, 0.4) is 0 Å². The summed E-state index contributed by atoms with van der Waals surface area (Å²) in [5.74, 6) is 1.21. The van der Waals surface area contributed by atoms with Gasteiger partial charge in [-0.05, 0) is 12.8 Å². The maximum Gasteiger partial charge on any atom is 0.150 e. The van der Waals surface area contributed by atoms with Crippen molar-refractivity contribution >= 4 is 9.84 Å². The molecule has 0 fully saturated rings. The Morgan fingerprint density at radius 1 is 1.56 bits per heavy atom. The SMILES string of the molecule is CCS(=O)(=O)CCCC(N)c1nccn1C. The van der Waals surface area contributed by atoms with Gasteiger partial charge in [-0.2, -0.15) is 0 Å². The molecule has 0 spiro atoms. The van der Waals surface area contributed by atoms with Crippen molar-refractivity contribution in [3.63, 3.8) is 0 Å². The zero-order chi connectivity index (χ0) is 12.2. The van der Waals surface area contributed by atoms with Crippen LogP contribution < -0.4 is 5.73 Å². The van der Waals surface area contributed by atoms with E-state index in [-0.39, 0.29) is 17.5 Å². The quantitative estimate of drug-likeness (QED) is 0.797. The van der Waals surface area contributed by atoms with E-state index in [1.54, 1.807) is 13.1 Å². The zero-order valence-electron chi connectivity index (χ0n) is 9.76. The Bertz CT molecular complexity index is 425. The van der Waals surface area contributed by atoms with Crippen LogP contribution in [0.4, 0.5) is 0 Å². The van der Waals surface area contributed by atoms with Gasteiger partial charge in [-0.3, -0.25) is 0 Å². The van der Waals surface area contributed by atoms with E-state index in [0.717, 1.165) is 5.82 Å². The number of aromatic nitrogens is 2. The first-order valence-corrected chi connectivity index (χ1v) is 7.21. The number of rotatable bonds is 6. The minimum absolute atomic E-state index is 0.188. The van der Waals surface area contributed by atoms with Crippen LogP contribution in [0.25, 0.3) is 0 Å². The number of hydrogen-bond donors (Lipinski definition) is 1. The van der Waals surface area contributed by atoms with Crippen molar-refractivity contribution in [1.82, 2.24) is 9.55 Å². The van der Waals surface area contributed by atoms with Crippen LogP contribution in [-0.4, -0.2) is 29.5 Å². The molecule has 0 bridgehead atoms. The number of nitrogens with two attached hydrogens (primary N) is 1. The average Bonchev–Trinajstić information content (AvgIpc) is 2.64. The summed E-state index contributed by atoms with van der Waals surface area (Å²) in [6.45, 7) is 1.66. The second kappa shape index (κ2) is 5.45. The summed E-state index contributed by atoms with van der Waals surface area (Å²) in [5, 5.41) is 0. The van der Waals surface area contributed by atoms with Gasteiger partial charge < -0.3 is 10.3 Å². The highest BCUT2D eigenvalue weighted by atomic mass is 32.2. The molecule has 0 saturated heterocycles. The minimum Gasteiger partial charge on any atom is -0.337 e. The molecule has 0 amide bonds. The van der Waals surface area contributed by atoms with Crippen molar-refractivity contribution in [3.05, 3.63) is 18.2 Å². The van der Waals surface area contributed by atoms with E-state index in [4.69, 9.17) is 5.73 Å². The Morgan fingerprint density at radius 3 is 2.75 bits per heavy atom. The zero-order valence-corrected chi connectivity index (χ0v) is 10.6. The van der Waals surface area contributed by atoms with Crippen LogP contribution >= 0.6 is 0 Å². The number of sulfone groups is 1. The predicted octanol–water partition coefficient (Wildman–Crippen LogP) is 0.635. The third-order valence-corrected chi connectivity index (χ3v) is 4.39. The van der Waals surface area contributed by atoms with Crippen LogP contribution in [0.1, 0.15) is 31.6 Å². The molecule has 1 heterocycles. The lowest BCUT2D eigenvalue weighted by Gasteiger charge is -2.11. The third kappa shape index (κ3) is 3.61. The van der Waals surface area contributed by atoms with Crippen molar-refractivity contribution in [2.75, 3.05) is 11.5 Å². The molecule has 5 nitrogen and oxygen atoms in total. The summed E-state index contributed by atoms with van der Waals surface area (Å²) in [4.78, 5) is 4.14. The molecule has 2 N–H and O–H groups in total. The van der Waals surface area contributed by atoms with Gasteiger partial charge in [0.15, 0.2) is 0 Å². The van der Waals surface area contributed by atoms with E-state index in [1.807, 2.05) is 17.8 Å². The fourth-order valence-corrected chi connectivity index (χ4v) is 2.43. The lowest BCUT2D eigenvalue weighted by Crippen LogP contribution is -2.17. The largest absolute Gasteiger partial charge is 0.337 e. The fraction of sp³-hybridized carbons (Fsp3) is 0.700. The van der Waals surface area contributed by atoms with Crippen LogP contribution in [0.5, 0.6) is 0 Å². The molecular weight excluding hydrogens is 226 g/mol. The number of hydrogen-bond acceptors (Lipinski definition) is 4. The normalized spacial score (nSPS) is 13.9. The van der Waals surface area contributed by atoms with Crippen molar-refractivity contribution in [2.45, 2.75) is 25.8 Å². The monoisotopic (exact) mass is 245 g/mol. The van der Waals surface area contributed by atoms with Gasteiger partial charge in [0.05, 0.1) is 11.8 Å². The first kappa shape index (κ1) is 13.2. The predicted molar refractivity (Wildman–Crippen MR) is 63.7 cm³/mol.